The average molecular weight is 158 g/mol. The Bertz CT molecular complexity index is 101. The Morgan fingerprint density at radius 3 is 2.25 bits per heavy atom. The molecule has 0 aromatic rings. The van der Waals surface area contributed by atoms with Gasteiger partial charge in [0.15, 0.2) is 0 Å². The Labute approximate surface area is 53.1 Å². The molecule has 0 rings (SSSR count). The van der Waals surface area contributed by atoms with Gasteiger partial charge in [-0.3, -0.25) is 15.6 Å². The van der Waals surface area contributed by atoms with E-state index in [2.05, 4.69) is 5.09 Å². The summed E-state index contributed by atoms with van der Waals surface area (Å²) in [6.45, 7) is 0.381. The van der Waals surface area contributed by atoms with Gasteiger partial charge in [-0.25, -0.2) is 5.09 Å². The van der Waals surface area contributed by atoms with Crippen molar-refractivity contribution in [3.05, 3.63) is 0 Å². The van der Waals surface area contributed by atoms with Crippen molar-refractivity contribution in [3.8, 4) is 0 Å². The fraction of sp³-hybridized carbons (Fsp3) is 1.00. The summed E-state index contributed by atoms with van der Waals surface area (Å²) in [5.74, 6) is 0.360. The fourth-order valence-electron chi connectivity index (χ4n) is 0.217. The van der Waals surface area contributed by atoms with Gasteiger partial charge in [-0.15, -0.1) is 11.6 Å². The Morgan fingerprint density at radius 1 is 1.62 bits per heavy atom. The van der Waals surface area contributed by atoms with Crippen LogP contribution in [0.4, 0.5) is 0 Å². The van der Waals surface area contributed by atoms with Gasteiger partial charge in [0.05, 0.1) is 0 Å². The number of nitrogens with one attached hydrogen (secondary N) is 1. The van der Waals surface area contributed by atoms with Crippen LogP contribution in [0.5, 0.6) is 0 Å². The van der Waals surface area contributed by atoms with Gasteiger partial charge in [0.25, 0.3) is 7.59 Å². The van der Waals surface area contributed by atoms with E-state index in [1.165, 1.54) is 0 Å². The molecule has 0 saturated heterocycles. The molecule has 0 saturated carbocycles. The summed E-state index contributed by atoms with van der Waals surface area (Å²) in [6.07, 6.45) is 0. The molecule has 0 unspecified atom stereocenters. The van der Waals surface area contributed by atoms with Gasteiger partial charge < -0.3 is 0 Å². The summed E-state index contributed by atoms with van der Waals surface area (Å²) < 4.78 is 10.4. The van der Waals surface area contributed by atoms with E-state index < -0.39 is 7.59 Å². The van der Waals surface area contributed by atoms with Crippen LogP contribution in [0.15, 0.2) is 0 Å². The molecule has 0 aliphatic rings. The van der Waals surface area contributed by atoms with E-state index in [-0.39, 0.29) is 0 Å². The second kappa shape index (κ2) is 3.43. The lowest BCUT2D eigenvalue weighted by molar-refractivity contribution is 0.568. The normalized spacial score (nSPS) is 11.9. The quantitative estimate of drug-likeness (QED) is 0.393. The molecule has 8 heavy (non-hydrogen) atoms. The van der Waals surface area contributed by atoms with Crippen LogP contribution in [-0.2, 0) is 4.57 Å². The van der Waals surface area contributed by atoms with Crippen molar-refractivity contribution in [1.29, 1.82) is 0 Å². The van der Waals surface area contributed by atoms with Gasteiger partial charge >= 0.3 is 0 Å². The average Bonchev–Trinajstić information content (AvgIpc) is 1.59. The third-order valence-electron chi connectivity index (χ3n) is 0.453. The van der Waals surface area contributed by atoms with Gasteiger partial charge in [-0.2, -0.15) is 0 Å². The molecular weight excluding hydrogens is 148 g/mol. The number of alkyl halides is 1. The highest BCUT2D eigenvalue weighted by atomic mass is 35.5. The molecule has 0 spiro atoms. The zero-order valence-corrected chi connectivity index (χ0v) is 5.95. The molecule has 0 heterocycles. The third kappa shape index (κ3) is 6.40. The summed E-state index contributed by atoms with van der Waals surface area (Å²) in [7, 11) is -3.02. The standard InChI is InChI=1S/C2H9ClN3OP/c3-1-2-6-8(4,5)7/h1-2H2,(H5,4,5,6,7). The second-order valence-electron chi connectivity index (χ2n) is 1.31. The molecule has 0 aromatic carbocycles. The summed E-state index contributed by atoms with van der Waals surface area (Å²) >= 11 is 5.21. The van der Waals surface area contributed by atoms with Crippen molar-refractivity contribution < 1.29 is 4.57 Å². The molecule has 0 amide bonds. The van der Waals surface area contributed by atoms with Crippen LogP contribution in [0.2, 0.25) is 0 Å². The van der Waals surface area contributed by atoms with Gasteiger partial charge in [0.2, 0.25) is 0 Å². The molecule has 0 aromatic heterocycles. The molecule has 0 fully saturated rings. The number of hydrogen-bond acceptors (Lipinski definition) is 1. The first-order valence-corrected chi connectivity index (χ1v) is 4.42. The minimum absolute atomic E-state index is 0.360. The number of hydrogen-bond donors (Lipinski definition) is 3. The van der Waals surface area contributed by atoms with Gasteiger partial charge in [-0.05, 0) is 0 Å². The predicted molar refractivity (Wildman–Crippen MR) is 34.7 cm³/mol. The molecule has 5 N–H and O–H groups in total. The van der Waals surface area contributed by atoms with Crippen LogP contribution < -0.4 is 16.1 Å². The topological polar surface area (TPSA) is 81.1 Å². The lowest BCUT2D eigenvalue weighted by Crippen LogP contribution is -2.23. The maximum atomic E-state index is 10.4. The van der Waals surface area contributed by atoms with E-state index in [1.807, 2.05) is 0 Å². The first-order chi connectivity index (χ1) is 3.56. The zero-order valence-electron chi connectivity index (χ0n) is 4.30. The van der Waals surface area contributed by atoms with Crippen LogP contribution >= 0.6 is 19.2 Å². The minimum Gasteiger partial charge on any atom is -0.271 e. The van der Waals surface area contributed by atoms with Crippen molar-refractivity contribution in [2.24, 2.45) is 11.0 Å². The summed E-state index contributed by atoms with van der Waals surface area (Å²) in [5.41, 5.74) is 9.77. The number of halogens is 1. The predicted octanol–water partition coefficient (Wildman–Crippen LogP) is -0.160. The Hall–Kier alpha value is 0.400. The first kappa shape index (κ1) is 8.40. The Morgan fingerprint density at radius 2 is 2.12 bits per heavy atom. The lowest BCUT2D eigenvalue weighted by atomic mass is 10.8. The van der Waals surface area contributed by atoms with E-state index >= 15 is 0 Å². The van der Waals surface area contributed by atoms with Crippen LogP contribution in [0, 0.1) is 0 Å². The second-order valence-corrected chi connectivity index (χ2v) is 3.42. The molecule has 0 aliphatic carbocycles. The van der Waals surface area contributed by atoms with Crippen LogP contribution in [0.3, 0.4) is 0 Å². The van der Waals surface area contributed by atoms with Gasteiger partial charge in [0, 0.05) is 12.4 Å². The monoisotopic (exact) mass is 157 g/mol. The smallest absolute Gasteiger partial charge is 0.271 e. The lowest BCUT2D eigenvalue weighted by Gasteiger charge is -2.04. The largest absolute Gasteiger partial charge is 0.273 e. The Kier molecular flexibility index (Phi) is 3.60. The molecule has 0 aliphatic heterocycles. The molecule has 6 heteroatoms. The molecule has 0 atom stereocenters. The van der Waals surface area contributed by atoms with Crippen molar-refractivity contribution in [1.82, 2.24) is 5.09 Å². The summed E-state index contributed by atoms with van der Waals surface area (Å²) in [5, 5.41) is 2.35. The van der Waals surface area contributed by atoms with Gasteiger partial charge in [0.1, 0.15) is 0 Å². The first-order valence-electron chi connectivity index (χ1n) is 2.04. The van der Waals surface area contributed by atoms with Crippen LogP contribution in [-0.4, -0.2) is 12.4 Å². The highest BCUT2D eigenvalue weighted by molar-refractivity contribution is 7.56. The number of rotatable bonds is 3. The minimum atomic E-state index is -3.02. The summed E-state index contributed by atoms with van der Waals surface area (Å²) in [4.78, 5) is 0. The van der Waals surface area contributed by atoms with E-state index in [9.17, 15) is 4.57 Å². The fourth-order valence-corrected chi connectivity index (χ4v) is 0.905. The highest BCUT2D eigenvalue weighted by Gasteiger charge is 2.03. The zero-order chi connectivity index (χ0) is 6.62. The van der Waals surface area contributed by atoms with E-state index in [0.29, 0.717) is 12.4 Å². The van der Waals surface area contributed by atoms with Crippen molar-refractivity contribution in [2.75, 3.05) is 12.4 Å². The van der Waals surface area contributed by atoms with E-state index in [1.54, 1.807) is 0 Å². The maximum Gasteiger partial charge on any atom is 0.273 e. The third-order valence-corrected chi connectivity index (χ3v) is 1.36. The molecule has 50 valence electrons. The van der Waals surface area contributed by atoms with Crippen molar-refractivity contribution in [3.63, 3.8) is 0 Å². The highest BCUT2D eigenvalue weighted by Crippen LogP contribution is 2.15. The SMILES string of the molecule is NP(N)(=O)NCCCl. The van der Waals surface area contributed by atoms with Crippen molar-refractivity contribution >= 4 is 19.2 Å². The molecule has 0 radical (unpaired) electrons. The van der Waals surface area contributed by atoms with E-state index in [4.69, 9.17) is 22.6 Å². The van der Waals surface area contributed by atoms with Crippen molar-refractivity contribution in [2.45, 2.75) is 0 Å². The molecular formula is C2H9ClN3OP. The number of nitrogens with two attached hydrogens (primary N) is 2. The van der Waals surface area contributed by atoms with Crippen LogP contribution in [0.1, 0.15) is 0 Å². The maximum absolute atomic E-state index is 10.4. The van der Waals surface area contributed by atoms with E-state index in [0.717, 1.165) is 0 Å². The summed E-state index contributed by atoms with van der Waals surface area (Å²) in [6, 6.07) is 0. The van der Waals surface area contributed by atoms with Crippen LogP contribution in [0.25, 0.3) is 0 Å². The Balaban J connectivity index is 3.26. The molecule has 0 bridgehead atoms. The molecule has 4 nitrogen and oxygen atoms in total. The van der Waals surface area contributed by atoms with Gasteiger partial charge in [-0.1, -0.05) is 0 Å².